The predicted octanol–water partition coefficient (Wildman–Crippen LogP) is 3.72. The molecule has 2 aromatic carbocycles. The standard InChI is InChI=1S/C23H21ClN4O3/c1-14-4-3-10-28(23(14)30)16-6-8-17(19(24)13-16)15-5-7-18-20(12-15)26-27-21(18)22(29)25-9-11-31-2/h3-8,10,12-13H,9,11H2,1-2H3,(H,25,29)(H,26,27). The highest BCUT2D eigenvalue weighted by atomic mass is 35.5. The van der Waals surface area contributed by atoms with Crippen molar-refractivity contribution in [2.24, 2.45) is 0 Å². The van der Waals surface area contributed by atoms with E-state index in [1.54, 1.807) is 36.9 Å². The minimum Gasteiger partial charge on any atom is -0.383 e. The normalized spacial score (nSPS) is 11.1. The maximum Gasteiger partial charge on any atom is 0.272 e. The molecular formula is C23H21ClN4O3. The van der Waals surface area contributed by atoms with Gasteiger partial charge in [-0.05, 0) is 42.8 Å². The first-order valence-electron chi connectivity index (χ1n) is 9.73. The number of nitrogens with zero attached hydrogens (tertiary/aromatic N) is 2. The first-order chi connectivity index (χ1) is 15.0. The van der Waals surface area contributed by atoms with E-state index >= 15 is 0 Å². The molecule has 7 nitrogen and oxygen atoms in total. The van der Waals surface area contributed by atoms with Crippen molar-refractivity contribution in [1.29, 1.82) is 0 Å². The zero-order valence-corrected chi connectivity index (χ0v) is 17.9. The maximum absolute atomic E-state index is 12.4. The molecule has 0 bridgehead atoms. The molecule has 0 spiro atoms. The van der Waals surface area contributed by atoms with Gasteiger partial charge in [-0.25, -0.2) is 0 Å². The van der Waals surface area contributed by atoms with Gasteiger partial charge in [0, 0.05) is 36.4 Å². The number of carbonyl (C=O) groups is 1. The van der Waals surface area contributed by atoms with Crippen LogP contribution in [-0.2, 0) is 4.74 Å². The van der Waals surface area contributed by atoms with Gasteiger partial charge in [0.25, 0.3) is 11.5 Å². The van der Waals surface area contributed by atoms with E-state index in [4.69, 9.17) is 16.3 Å². The Balaban J connectivity index is 1.65. The monoisotopic (exact) mass is 436 g/mol. The van der Waals surface area contributed by atoms with E-state index in [-0.39, 0.29) is 11.5 Å². The maximum atomic E-state index is 12.4. The van der Waals surface area contributed by atoms with Gasteiger partial charge < -0.3 is 10.1 Å². The summed E-state index contributed by atoms with van der Waals surface area (Å²) in [5.74, 6) is -0.262. The highest BCUT2D eigenvalue weighted by Gasteiger charge is 2.15. The number of hydrogen-bond donors (Lipinski definition) is 2. The van der Waals surface area contributed by atoms with Gasteiger partial charge in [-0.15, -0.1) is 0 Å². The van der Waals surface area contributed by atoms with Gasteiger partial charge in [0.2, 0.25) is 0 Å². The molecule has 2 aromatic heterocycles. The SMILES string of the molecule is COCCNC(=O)c1n[nH]c2cc(-c3ccc(-n4cccc(C)c4=O)cc3Cl)ccc12. The van der Waals surface area contributed by atoms with Crippen LogP contribution in [0.15, 0.2) is 59.5 Å². The number of aryl methyl sites for hydroxylation is 1. The minimum atomic E-state index is -0.262. The first-order valence-corrected chi connectivity index (χ1v) is 10.1. The van der Waals surface area contributed by atoms with Gasteiger partial charge in [-0.1, -0.05) is 29.8 Å². The highest BCUT2D eigenvalue weighted by molar-refractivity contribution is 6.33. The summed E-state index contributed by atoms with van der Waals surface area (Å²) in [5, 5.41) is 11.1. The summed E-state index contributed by atoms with van der Waals surface area (Å²) < 4.78 is 6.51. The van der Waals surface area contributed by atoms with Crippen LogP contribution < -0.4 is 10.9 Å². The molecule has 0 atom stereocenters. The second-order valence-corrected chi connectivity index (χ2v) is 7.52. The van der Waals surface area contributed by atoms with Gasteiger partial charge in [0.15, 0.2) is 5.69 Å². The van der Waals surface area contributed by atoms with Gasteiger partial charge in [-0.3, -0.25) is 19.3 Å². The third-order valence-corrected chi connectivity index (χ3v) is 5.36. The van der Waals surface area contributed by atoms with Crippen molar-refractivity contribution >= 4 is 28.4 Å². The lowest BCUT2D eigenvalue weighted by molar-refractivity contribution is 0.0933. The Morgan fingerprint density at radius 1 is 1.23 bits per heavy atom. The minimum absolute atomic E-state index is 0.0819. The Bertz CT molecular complexity index is 1330. The van der Waals surface area contributed by atoms with Crippen molar-refractivity contribution in [1.82, 2.24) is 20.1 Å². The Morgan fingerprint density at radius 2 is 2.06 bits per heavy atom. The van der Waals surface area contributed by atoms with E-state index in [1.807, 2.05) is 36.4 Å². The second kappa shape index (κ2) is 8.75. The lowest BCUT2D eigenvalue weighted by Gasteiger charge is -2.10. The summed E-state index contributed by atoms with van der Waals surface area (Å²) in [4.78, 5) is 24.7. The number of amides is 1. The van der Waals surface area contributed by atoms with Crippen LogP contribution in [0.2, 0.25) is 5.02 Å². The number of aromatic amines is 1. The third-order valence-electron chi connectivity index (χ3n) is 5.05. The molecule has 0 unspecified atom stereocenters. The van der Waals surface area contributed by atoms with Crippen molar-refractivity contribution < 1.29 is 9.53 Å². The van der Waals surface area contributed by atoms with Gasteiger partial charge in [0.05, 0.1) is 22.8 Å². The van der Waals surface area contributed by atoms with Crippen molar-refractivity contribution in [3.63, 3.8) is 0 Å². The number of H-pyrrole nitrogens is 1. The number of nitrogens with one attached hydrogen (secondary N) is 2. The first kappa shape index (κ1) is 20.8. The van der Waals surface area contributed by atoms with E-state index in [0.717, 1.165) is 22.0 Å². The average molecular weight is 437 g/mol. The lowest BCUT2D eigenvalue weighted by atomic mass is 10.0. The molecule has 0 fully saturated rings. The number of fused-ring (bicyclic) bond motifs is 1. The van der Waals surface area contributed by atoms with Crippen LogP contribution in [0.5, 0.6) is 0 Å². The smallest absolute Gasteiger partial charge is 0.272 e. The van der Waals surface area contributed by atoms with Gasteiger partial charge >= 0.3 is 0 Å². The molecule has 8 heteroatoms. The molecule has 0 saturated carbocycles. The van der Waals surface area contributed by atoms with Crippen molar-refractivity contribution in [2.75, 3.05) is 20.3 Å². The molecule has 1 amide bonds. The number of ether oxygens (including phenoxy) is 1. The quantitative estimate of drug-likeness (QED) is 0.451. The predicted molar refractivity (Wildman–Crippen MR) is 121 cm³/mol. The van der Waals surface area contributed by atoms with E-state index in [1.165, 1.54) is 0 Å². The van der Waals surface area contributed by atoms with Crippen LogP contribution in [0.4, 0.5) is 0 Å². The fourth-order valence-electron chi connectivity index (χ4n) is 3.40. The van der Waals surface area contributed by atoms with E-state index in [9.17, 15) is 9.59 Å². The summed E-state index contributed by atoms with van der Waals surface area (Å²) in [6.07, 6.45) is 1.72. The fraction of sp³-hybridized carbons (Fsp3) is 0.174. The summed E-state index contributed by atoms with van der Waals surface area (Å²) in [5.41, 5.74) is 4.02. The number of aromatic nitrogens is 3. The third kappa shape index (κ3) is 4.10. The lowest BCUT2D eigenvalue weighted by Crippen LogP contribution is -2.27. The molecule has 0 aliphatic rings. The Kier molecular flexibility index (Phi) is 5.88. The topological polar surface area (TPSA) is 89.0 Å². The van der Waals surface area contributed by atoms with Crippen LogP contribution in [0.1, 0.15) is 16.1 Å². The molecule has 31 heavy (non-hydrogen) atoms. The zero-order valence-electron chi connectivity index (χ0n) is 17.1. The van der Waals surface area contributed by atoms with E-state index in [0.29, 0.717) is 35.1 Å². The molecule has 4 rings (SSSR count). The van der Waals surface area contributed by atoms with Crippen molar-refractivity contribution in [3.8, 4) is 16.8 Å². The van der Waals surface area contributed by atoms with E-state index < -0.39 is 0 Å². The van der Waals surface area contributed by atoms with Crippen molar-refractivity contribution in [3.05, 3.63) is 81.4 Å². The fourth-order valence-corrected chi connectivity index (χ4v) is 3.69. The molecule has 0 aliphatic carbocycles. The van der Waals surface area contributed by atoms with Crippen LogP contribution in [-0.4, -0.2) is 40.9 Å². The molecule has 0 saturated heterocycles. The summed E-state index contributed by atoms with van der Waals surface area (Å²) in [6.45, 7) is 2.62. The molecule has 158 valence electrons. The van der Waals surface area contributed by atoms with Crippen LogP contribution >= 0.6 is 11.6 Å². The summed E-state index contributed by atoms with van der Waals surface area (Å²) >= 11 is 6.57. The molecule has 2 heterocycles. The molecule has 4 aromatic rings. The van der Waals surface area contributed by atoms with Crippen LogP contribution in [0.25, 0.3) is 27.7 Å². The number of halogens is 1. The number of carbonyl (C=O) groups excluding carboxylic acids is 1. The number of methoxy groups -OCH3 is 1. The summed E-state index contributed by atoms with van der Waals surface area (Å²) in [7, 11) is 1.58. The number of benzene rings is 2. The van der Waals surface area contributed by atoms with Crippen LogP contribution in [0, 0.1) is 6.92 Å². The zero-order chi connectivity index (χ0) is 22.0. The van der Waals surface area contributed by atoms with Crippen LogP contribution in [0.3, 0.4) is 0 Å². The largest absolute Gasteiger partial charge is 0.383 e. The molecule has 0 aliphatic heterocycles. The number of hydrogen-bond acceptors (Lipinski definition) is 4. The Hall–Kier alpha value is -3.42. The molecule has 0 radical (unpaired) electrons. The highest BCUT2D eigenvalue weighted by Crippen LogP contribution is 2.32. The van der Waals surface area contributed by atoms with Crippen molar-refractivity contribution in [2.45, 2.75) is 6.92 Å². The summed E-state index contributed by atoms with van der Waals surface area (Å²) in [6, 6.07) is 14.7. The molecule has 2 N–H and O–H groups in total. The van der Waals surface area contributed by atoms with E-state index in [2.05, 4.69) is 15.5 Å². The molecular weight excluding hydrogens is 416 g/mol. The van der Waals surface area contributed by atoms with Gasteiger partial charge in [0.1, 0.15) is 0 Å². The average Bonchev–Trinajstić information content (AvgIpc) is 3.19. The Labute approximate surface area is 183 Å². The number of rotatable bonds is 6. The Morgan fingerprint density at radius 3 is 2.84 bits per heavy atom. The number of pyridine rings is 1. The van der Waals surface area contributed by atoms with Gasteiger partial charge in [-0.2, -0.15) is 5.10 Å². The second-order valence-electron chi connectivity index (χ2n) is 7.11.